The Kier molecular flexibility index (Phi) is 14.9. The highest BCUT2D eigenvalue weighted by Crippen LogP contribution is 2.24. The standard InChI is InChI=1S/C32H44F3N7O9/c1-19-37-16-22(39-27(46)49-18-20-12-9-8-10-13-20)25(45)42(19)17-23(43)38-21(24(44)32(33,34)35)14-11-15-36-26(40-28(47)50-30(2,3)4)41-29(48)51-31(5,6)7/h8-10,12-13,16,21,24,44H,11,14-15,17-18H2,1-7H3,(H,38,43)(H,39,46)(H2,36,40,41,47,48). The van der Waals surface area contributed by atoms with Crippen LogP contribution in [-0.2, 0) is 32.2 Å². The number of alkyl halides is 3. The average molecular weight is 728 g/mol. The van der Waals surface area contributed by atoms with Gasteiger partial charge in [-0.1, -0.05) is 30.3 Å². The summed E-state index contributed by atoms with van der Waals surface area (Å²) in [5.74, 6) is -1.50. The maximum atomic E-state index is 13.6. The summed E-state index contributed by atoms with van der Waals surface area (Å²) >= 11 is 0. The molecule has 0 spiro atoms. The second-order valence-corrected chi connectivity index (χ2v) is 13.1. The molecule has 2 aromatic rings. The van der Waals surface area contributed by atoms with Gasteiger partial charge in [0.25, 0.3) is 5.56 Å². The van der Waals surface area contributed by atoms with Crippen molar-refractivity contribution in [3.63, 3.8) is 0 Å². The number of halogens is 3. The predicted molar refractivity (Wildman–Crippen MR) is 178 cm³/mol. The molecule has 1 heterocycles. The van der Waals surface area contributed by atoms with Crippen molar-refractivity contribution >= 4 is 35.8 Å². The first-order chi connectivity index (χ1) is 23.5. The van der Waals surface area contributed by atoms with Crippen LogP contribution in [0.25, 0.3) is 0 Å². The van der Waals surface area contributed by atoms with Crippen molar-refractivity contribution in [3.05, 3.63) is 58.3 Å². The number of carbonyl (C=O) groups excluding carboxylic acids is 4. The summed E-state index contributed by atoms with van der Waals surface area (Å²) in [6.07, 6.45) is -10.7. The highest BCUT2D eigenvalue weighted by molar-refractivity contribution is 6.01. The smallest absolute Gasteiger partial charge is 0.416 e. The van der Waals surface area contributed by atoms with E-state index >= 15 is 0 Å². The van der Waals surface area contributed by atoms with Crippen LogP contribution in [0.15, 0.2) is 46.3 Å². The van der Waals surface area contributed by atoms with E-state index in [0.29, 0.717) is 5.56 Å². The van der Waals surface area contributed by atoms with Gasteiger partial charge in [-0.3, -0.25) is 35.1 Å². The first-order valence-electron chi connectivity index (χ1n) is 15.7. The van der Waals surface area contributed by atoms with Crippen molar-refractivity contribution in [1.82, 2.24) is 25.5 Å². The Morgan fingerprint density at radius 1 is 0.941 bits per heavy atom. The van der Waals surface area contributed by atoms with E-state index in [2.05, 4.69) is 31.2 Å². The number of nitrogens with one attached hydrogen (secondary N) is 4. The van der Waals surface area contributed by atoms with Crippen LogP contribution in [0.1, 0.15) is 65.8 Å². The van der Waals surface area contributed by atoms with E-state index in [0.717, 1.165) is 10.8 Å². The number of anilines is 1. The summed E-state index contributed by atoms with van der Waals surface area (Å²) in [5, 5.41) is 18.8. The molecule has 0 aliphatic rings. The first kappa shape index (κ1) is 42.0. The summed E-state index contributed by atoms with van der Waals surface area (Å²) in [5.41, 5.74) is -2.38. The van der Waals surface area contributed by atoms with Crippen LogP contribution in [0, 0.1) is 6.92 Å². The number of nitrogens with zero attached hydrogens (tertiary/aromatic N) is 3. The lowest BCUT2D eigenvalue weighted by molar-refractivity contribution is -0.212. The van der Waals surface area contributed by atoms with Gasteiger partial charge in [0, 0.05) is 6.54 Å². The molecule has 0 saturated carbocycles. The van der Waals surface area contributed by atoms with Gasteiger partial charge in [-0.15, -0.1) is 0 Å². The Morgan fingerprint density at radius 2 is 1.51 bits per heavy atom. The molecule has 4 amide bonds. The third-order valence-electron chi connectivity index (χ3n) is 6.24. The Balaban J connectivity index is 2.14. The lowest BCUT2D eigenvalue weighted by Crippen LogP contribution is -2.51. The fourth-order valence-corrected chi connectivity index (χ4v) is 4.06. The zero-order chi connectivity index (χ0) is 38.6. The lowest BCUT2D eigenvalue weighted by atomic mass is 10.0. The highest BCUT2D eigenvalue weighted by Gasteiger charge is 2.44. The van der Waals surface area contributed by atoms with Gasteiger partial charge in [-0.25, -0.2) is 19.4 Å². The number of rotatable bonds is 11. The minimum Gasteiger partial charge on any atom is -0.444 e. The number of aryl methyl sites for hydroxylation is 1. The van der Waals surface area contributed by atoms with Crippen LogP contribution in [0.4, 0.5) is 33.2 Å². The van der Waals surface area contributed by atoms with Gasteiger partial charge in [0.15, 0.2) is 6.10 Å². The number of ether oxygens (including phenoxy) is 3. The van der Waals surface area contributed by atoms with Crippen molar-refractivity contribution in [3.8, 4) is 0 Å². The summed E-state index contributed by atoms with van der Waals surface area (Å²) in [7, 11) is 0. The SMILES string of the molecule is Cc1ncc(NC(=O)OCc2ccccc2)c(=O)n1CC(=O)NC(CCCN=C(NC(=O)OC(C)(C)C)NC(=O)OC(C)(C)C)C(O)C(F)(F)F. The minimum absolute atomic E-state index is 0.00288. The fourth-order valence-electron chi connectivity index (χ4n) is 4.06. The van der Waals surface area contributed by atoms with Gasteiger partial charge in [0.2, 0.25) is 11.9 Å². The number of amides is 4. The first-order valence-corrected chi connectivity index (χ1v) is 15.7. The molecule has 0 bridgehead atoms. The zero-order valence-corrected chi connectivity index (χ0v) is 29.3. The van der Waals surface area contributed by atoms with E-state index in [-0.39, 0.29) is 31.1 Å². The molecular weight excluding hydrogens is 683 g/mol. The number of hydrogen-bond donors (Lipinski definition) is 5. The quantitative estimate of drug-likeness (QED) is 0.0975. The number of aliphatic imine (C=N–C) groups is 1. The summed E-state index contributed by atoms with van der Waals surface area (Å²) in [6, 6.07) is 6.80. The number of alkyl carbamates (subject to hydrolysis) is 2. The molecule has 0 aliphatic carbocycles. The van der Waals surface area contributed by atoms with Gasteiger partial charge >= 0.3 is 24.5 Å². The Morgan fingerprint density at radius 3 is 2.04 bits per heavy atom. The maximum Gasteiger partial charge on any atom is 0.416 e. The van der Waals surface area contributed by atoms with E-state index in [9.17, 15) is 42.3 Å². The highest BCUT2D eigenvalue weighted by atomic mass is 19.4. The Hall–Kier alpha value is -5.20. The number of benzene rings is 1. The van der Waals surface area contributed by atoms with Gasteiger partial charge < -0.3 is 24.6 Å². The van der Waals surface area contributed by atoms with Crippen molar-refractivity contribution in [2.45, 2.75) is 104 Å². The molecule has 2 rings (SSSR count). The third-order valence-corrected chi connectivity index (χ3v) is 6.24. The number of aliphatic hydroxyl groups is 1. The normalized spacial score (nSPS) is 12.8. The van der Waals surface area contributed by atoms with E-state index in [1.54, 1.807) is 71.9 Å². The van der Waals surface area contributed by atoms with Gasteiger partial charge in [-0.2, -0.15) is 13.2 Å². The molecule has 0 saturated heterocycles. The number of carbonyl (C=O) groups is 4. The molecule has 1 aromatic carbocycles. The molecule has 5 N–H and O–H groups in total. The van der Waals surface area contributed by atoms with Crippen LogP contribution in [-0.4, -0.2) is 80.9 Å². The van der Waals surface area contributed by atoms with Gasteiger partial charge in [0.1, 0.15) is 35.9 Å². The van der Waals surface area contributed by atoms with E-state index in [1.807, 2.05) is 0 Å². The van der Waals surface area contributed by atoms with Crippen molar-refractivity contribution in [2.75, 3.05) is 11.9 Å². The molecule has 2 unspecified atom stereocenters. The molecule has 16 nitrogen and oxygen atoms in total. The molecule has 0 fully saturated rings. The van der Waals surface area contributed by atoms with Crippen molar-refractivity contribution in [2.24, 2.45) is 4.99 Å². The van der Waals surface area contributed by atoms with Crippen molar-refractivity contribution < 1.29 is 51.7 Å². The number of hydrogen-bond acceptors (Lipinski definition) is 11. The molecule has 2 atom stereocenters. The van der Waals surface area contributed by atoms with Gasteiger partial charge in [-0.05, 0) is 66.9 Å². The molecule has 51 heavy (non-hydrogen) atoms. The van der Waals surface area contributed by atoms with E-state index in [1.165, 1.54) is 6.92 Å². The predicted octanol–water partition coefficient (Wildman–Crippen LogP) is 3.89. The fraction of sp³-hybridized carbons (Fsp3) is 0.531. The molecule has 0 aliphatic heterocycles. The summed E-state index contributed by atoms with van der Waals surface area (Å²) in [6.45, 7) is 9.72. The third kappa shape index (κ3) is 15.9. The van der Waals surface area contributed by atoms with Crippen LogP contribution < -0.4 is 26.8 Å². The molecule has 1 aromatic heterocycles. The second kappa shape index (κ2) is 18.2. The summed E-state index contributed by atoms with van der Waals surface area (Å²) in [4.78, 5) is 70.8. The van der Waals surface area contributed by atoms with Crippen LogP contribution >= 0.6 is 0 Å². The van der Waals surface area contributed by atoms with E-state index < -0.39 is 78.2 Å². The van der Waals surface area contributed by atoms with Crippen LogP contribution in [0.3, 0.4) is 0 Å². The monoisotopic (exact) mass is 727 g/mol. The lowest BCUT2D eigenvalue weighted by Gasteiger charge is -2.26. The Labute approximate surface area is 292 Å². The molecule has 0 radical (unpaired) electrons. The largest absolute Gasteiger partial charge is 0.444 e. The number of guanidine groups is 1. The number of aliphatic hydroxyl groups excluding tert-OH is 1. The average Bonchev–Trinajstić information content (AvgIpc) is 2.98. The molecule has 19 heteroatoms. The number of aromatic nitrogens is 2. The topological polar surface area (TPSA) is 212 Å². The molecular formula is C32H44F3N7O9. The van der Waals surface area contributed by atoms with Crippen LogP contribution in [0.5, 0.6) is 0 Å². The van der Waals surface area contributed by atoms with Crippen molar-refractivity contribution in [1.29, 1.82) is 0 Å². The molecule has 282 valence electrons. The Bertz CT molecular complexity index is 1570. The second-order valence-electron chi connectivity index (χ2n) is 13.1. The maximum absolute atomic E-state index is 13.6. The minimum atomic E-state index is -5.14. The van der Waals surface area contributed by atoms with Crippen LogP contribution in [0.2, 0.25) is 0 Å². The zero-order valence-electron chi connectivity index (χ0n) is 29.3. The van der Waals surface area contributed by atoms with Gasteiger partial charge in [0.05, 0.1) is 12.2 Å². The summed E-state index contributed by atoms with van der Waals surface area (Å²) < 4.78 is 56.9. The van der Waals surface area contributed by atoms with E-state index in [4.69, 9.17) is 14.2 Å².